The molecule has 0 saturated carbocycles. The zero-order valence-electron chi connectivity index (χ0n) is 19.1. The number of nitrogens with one attached hydrogen (secondary N) is 2. The molecule has 1 aromatic heterocycles. The molecular formula is C21H39N7O2. The van der Waals surface area contributed by atoms with Crippen molar-refractivity contribution in [2.45, 2.75) is 64.8 Å². The van der Waals surface area contributed by atoms with Crippen molar-refractivity contribution in [2.75, 3.05) is 47.0 Å². The standard InChI is InChI=1S/C21H39N7O2/c1-5-16(6-2)18(27-9-11-30-12-10-27)13-23-21(22-3)24-17-7-8-20-25-19(15-29-4)26-28(20)14-17/h16-18H,5-15H2,1-4H3,(H2,22,23,24). The minimum absolute atomic E-state index is 0.288. The molecule has 2 unspecified atom stereocenters. The van der Waals surface area contributed by atoms with Crippen LogP contribution in [0.2, 0.25) is 0 Å². The first-order valence-electron chi connectivity index (χ1n) is 11.4. The molecule has 0 aromatic carbocycles. The zero-order chi connectivity index (χ0) is 21.3. The highest BCUT2D eigenvalue weighted by Crippen LogP contribution is 2.20. The second kappa shape index (κ2) is 11.6. The molecule has 1 fully saturated rings. The molecule has 1 saturated heterocycles. The number of aryl methyl sites for hydroxylation is 1. The van der Waals surface area contributed by atoms with Gasteiger partial charge in [-0.25, -0.2) is 9.67 Å². The number of aromatic nitrogens is 3. The molecule has 0 amide bonds. The number of morpholine rings is 1. The van der Waals surface area contributed by atoms with E-state index in [1.165, 1.54) is 12.8 Å². The SMILES string of the molecule is CCC(CC)C(CNC(=NC)NC1CCc2nc(COC)nn2C1)N1CCOCC1. The van der Waals surface area contributed by atoms with Gasteiger partial charge in [-0.05, 0) is 12.3 Å². The first kappa shape index (κ1) is 23.0. The van der Waals surface area contributed by atoms with Gasteiger partial charge in [-0.1, -0.05) is 26.7 Å². The van der Waals surface area contributed by atoms with E-state index in [2.05, 4.69) is 44.5 Å². The van der Waals surface area contributed by atoms with Gasteiger partial charge in [0.2, 0.25) is 0 Å². The minimum Gasteiger partial charge on any atom is -0.379 e. The number of nitrogens with zero attached hydrogens (tertiary/aromatic N) is 5. The summed E-state index contributed by atoms with van der Waals surface area (Å²) >= 11 is 0. The van der Waals surface area contributed by atoms with Crippen LogP contribution in [0.3, 0.4) is 0 Å². The fraction of sp³-hybridized carbons (Fsp3) is 0.857. The summed E-state index contributed by atoms with van der Waals surface area (Å²) in [4.78, 5) is 11.6. The summed E-state index contributed by atoms with van der Waals surface area (Å²) < 4.78 is 12.7. The van der Waals surface area contributed by atoms with Crippen LogP contribution in [0, 0.1) is 5.92 Å². The van der Waals surface area contributed by atoms with E-state index < -0.39 is 0 Å². The molecule has 3 rings (SSSR count). The third-order valence-corrected chi connectivity index (χ3v) is 6.33. The predicted octanol–water partition coefficient (Wildman–Crippen LogP) is 1.04. The molecule has 2 aliphatic rings. The van der Waals surface area contributed by atoms with E-state index in [9.17, 15) is 0 Å². The predicted molar refractivity (Wildman–Crippen MR) is 118 cm³/mol. The molecule has 170 valence electrons. The molecule has 0 aliphatic carbocycles. The quantitative estimate of drug-likeness (QED) is 0.455. The highest BCUT2D eigenvalue weighted by Gasteiger charge is 2.28. The van der Waals surface area contributed by atoms with Crippen LogP contribution >= 0.6 is 0 Å². The minimum atomic E-state index is 0.288. The summed E-state index contributed by atoms with van der Waals surface area (Å²) in [5, 5.41) is 11.8. The van der Waals surface area contributed by atoms with Crippen molar-refractivity contribution in [1.82, 2.24) is 30.3 Å². The van der Waals surface area contributed by atoms with E-state index in [1.54, 1.807) is 7.11 Å². The van der Waals surface area contributed by atoms with Gasteiger partial charge in [0.05, 0.1) is 19.8 Å². The number of hydrogen-bond donors (Lipinski definition) is 2. The van der Waals surface area contributed by atoms with Gasteiger partial charge in [-0.3, -0.25) is 9.89 Å². The Labute approximate surface area is 180 Å². The normalized spacial score (nSPS) is 21.5. The van der Waals surface area contributed by atoms with Crippen LogP contribution in [0.1, 0.15) is 44.8 Å². The molecule has 0 spiro atoms. The number of ether oxygens (including phenoxy) is 2. The largest absolute Gasteiger partial charge is 0.379 e. The molecule has 0 bridgehead atoms. The lowest BCUT2D eigenvalue weighted by Crippen LogP contribution is -2.54. The summed E-state index contributed by atoms with van der Waals surface area (Å²) in [6.45, 7) is 10.4. The summed E-state index contributed by atoms with van der Waals surface area (Å²) in [7, 11) is 3.52. The number of aliphatic imine (C=N–C) groups is 1. The third-order valence-electron chi connectivity index (χ3n) is 6.33. The Bertz CT molecular complexity index is 668. The first-order valence-corrected chi connectivity index (χ1v) is 11.4. The Morgan fingerprint density at radius 1 is 1.30 bits per heavy atom. The Kier molecular flexibility index (Phi) is 8.89. The molecule has 2 N–H and O–H groups in total. The second-order valence-electron chi connectivity index (χ2n) is 8.18. The third kappa shape index (κ3) is 5.92. The lowest BCUT2D eigenvalue weighted by molar-refractivity contribution is 0.00271. The molecule has 2 atom stereocenters. The maximum Gasteiger partial charge on any atom is 0.191 e. The van der Waals surface area contributed by atoms with Crippen molar-refractivity contribution >= 4 is 5.96 Å². The summed E-state index contributed by atoms with van der Waals surface area (Å²) in [6, 6.07) is 0.781. The fourth-order valence-electron chi connectivity index (χ4n) is 4.59. The number of guanidine groups is 1. The van der Waals surface area contributed by atoms with E-state index >= 15 is 0 Å². The van der Waals surface area contributed by atoms with Gasteiger partial charge in [-0.2, -0.15) is 5.10 Å². The average molecular weight is 422 g/mol. The van der Waals surface area contributed by atoms with Gasteiger partial charge in [0, 0.05) is 52.3 Å². The summed E-state index contributed by atoms with van der Waals surface area (Å²) in [5.41, 5.74) is 0. The number of rotatable bonds is 9. The van der Waals surface area contributed by atoms with Crippen LogP contribution < -0.4 is 10.6 Å². The molecule has 2 aliphatic heterocycles. The van der Waals surface area contributed by atoms with Crippen LogP contribution in [0.25, 0.3) is 0 Å². The summed E-state index contributed by atoms with van der Waals surface area (Å²) in [5.74, 6) is 3.34. The van der Waals surface area contributed by atoms with Crippen molar-refractivity contribution in [2.24, 2.45) is 10.9 Å². The Morgan fingerprint density at radius 2 is 2.07 bits per heavy atom. The maximum atomic E-state index is 5.57. The molecule has 1 aromatic rings. The lowest BCUT2D eigenvalue weighted by Gasteiger charge is -2.39. The van der Waals surface area contributed by atoms with Crippen molar-refractivity contribution in [1.29, 1.82) is 0 Å². The van der Waals surface area contributed by atoms with Crippen LogP contribution in [0.4, 0.5) is 0 Å². The Morgan fingerprint density at radius 3 is 2.73 bits per heavy atom. The van der Waals surface area contributed by atoms with Gasteiger partial charge in [0.25, 0.3) is 0 Å². The van der Waals surface area contributed by atoms with Crippen molar-refractivity contribution < 1.29 is 9.47 Å². The molecule has 3 heterocycles. The van der Waals surface area contributed by atoms with E-state index in [0.717, 1.165) is 69.8 Å². The van der Waals surface area contributed by atoms with Crippen molar-refractivity contribution in [3.05, 3.63) is 11.6 Å². The number of hydrogen-bond acceptors (Lipinski definition) is 6. The van der Waals surface area contributed by atoms with E-state index in [-0.39, 0.29) is 6.04 Å². The van der Waals surface area contributed by atoms with Gasteiger partial charge in [0.15, 0.2) is 11.8 Å². The van der Waals surface area contributed by atoms with Crippen LogP contribution in [-0.4, -0.2) is 84.7 Å². The fourth-order valence-corrected chi connectivity index (χ4v) is 4.59. The van der Waals surface area contributed by atoms with Crippen LogP contribution in [-0.2, 0) is 29.0 Å². The van der Waals surface area contributed by atoms with Crippen molar-refractivity contribution in [3.63, 3.8) is 0 Å². The maximum absolute atomic E-state index is 5.57. The van der Waals surface area contributed by atoms with Gasteiger partial charge in [0.1, 0.15) is 12.4 Å². The second-order valence-corrected chi connectivity index (χ2v) is 8.18. The molecular weight excluding hydrogens is 382 g/mol. The Balaban J connectivity index is 1.56. The lowest BCUT2D eigenvalue weighted by atomic mass is 9.92. The average Bonchev–Trinajstić information content (AvgIpc) is 3.18. The zero-order valence-corrected chi connectivity index (χ0v) is 19.1. The monoisotopic (exact) mass is 421 g/mol. The van der Waals surface area contributed by atoms with E-state index in [0.29, 0.717) is 18.6 Å². The molecule has 9 heteroatoms. The molecule has 30 heavy (non-hydrogen) atoms. The number of methoxy groups -OCH3 is 1. The van der Waals surface area contributed by atoms with E-state index in [1.807, 2.05) is 11.7 Å². The summed E-state index contributed by atoms with van der Waals surface area (Å²) in [6.07, 6.45) is 4.31. The van der Waals surface area contributed by atoms with E-state index in [4.69, 9.17) is 9.47 Å². The smallest absolute Gasteiger partial charge is 0.191 e. The molecule has 9 nitrogen and oxygen atoms in total. The van der Waals surface area contributed by atoms with Crippen molar-refractivity contribution in [3.8, 4) is 0 Å². The van der Waals surface area contributed by atoms with Gasteiger partial charge in [-0.15, -0.1) is 0 Å². The van der Waals surface area contributed by atoms with Gasteiger partial charge >= 0.3 is 0 Å². The van der Waals surface area contributed by atoms with Crippen LogP contribution in [0.5, 0.6) is 0 Å². The molecule has 0 radical (unpaired) electrons. The number of fused-ring (bicyclic) bond motifs is 1. The topological polar surface area (TPSA) is 88.8 Å². The Hall–Kier alpha value is -1.71. The highest BCUT2D eigenvalue weighted by atomic mass is 16.5. The van der Waals surface area contributed by atoms with Crippen LogP contribution in [0.15, 0.2) is 4.99 Å². The highest BCUT2D eigenvalue weighted by molar-refractivity contribution is 5.80. The first-order chi connectivity index (χ1) is 14.7. The van der Waals surface area contributed by atoms with Gasteiger partial charge < -0.3 is 20.1 Å².